The number of nitrogens with one attached hydrogen (secondary N) is 1. The predicted octanol–water partition coefficient (Wildman–Crippen LogP) is 3.35. The van der Waals surface area contributed by atoms with Crippen molar-refractivity contribution in [3.8, 4) is 5.75 Å². The number of hydrogen-bond acceptors (Lipinski definition) is 2. The maximum absolute atomic E-state index is 9.32. The molecule has 18 heavy (non-hydrogen) atoms. The minimum atomic E-state index is 0.305. The molecule has 2 heteroatoms. The lowest BCUT2D eigenvalue weighted by Crippen LogP contribution is -2.34. The van der Waals surface area contributed by atoms with Crippen molar-refractivity contribution in [2.75, 3.05) is 6.54 Å². The highest BCUT2D eigenvalue weighted by molar-refractivity contribution is 5.26. The van der Waals surface area contributed by atoms with Crippen LogP contribution in [0.2, 0.25) is 0 Å². The summed E-state index contributed by atoms with van der Waals surface area (Å²) in [4.78, 5) is 0. The fourth-order valence-corrected chi connectivity index (χ4v) is 2.20. The lowest BCUT2D eigenvalue weighted by atomic mass is 9.77. The molecule has 0 heterocycles. The number of phenols is 1. The maximum atomic E-state index is 9.32. The van der Waals surface area contributed by atoms with Crippen LogP contribution in [0.25, 0.3) is 0 Å². The summed E-state index contributed by atoms with van der Waals surface area (Å²) in [5, 5.41) is 13.0. The molecule has 0 saturated heterocycles. The summed E-state index contributed by atoms with van der Waals surface area (Å²) in [6.07, 6.45) is 3.76. The first-order chi connectivity index (χ1) is 8.45. The van der Waals surface area contributed by atoms with E-state index in [0.717, 1.165) is 19.0 Å². The number of benzene rings is 1. The van der Waals surface area contributed by atoms with Crippen LogP contribution in [0, 0.1) is 11.3 Å². The molecular formula is C16H25NO. The third kappa shape index (κ3) is 4.02. The van der Waals surface area contributed by atoms with Gasteiger partial charge in [0.1, 0.15) is 5.75 Å². The Labute approximate surface area is 110 Å². The van der Waals surface area contributed by atoms with Crippen LogP contribution in [-0.2, 0) is 6.42 Å². The van der Waals surface area contributed by atoms with Gasteiger partial charge in [0.15, 0.2) is 0 Å². The van der Waals surface area contributed by atoms with Gasteiger partial charge in [-0.3, -0.25) is 0 Å². The molecule has 2 nitrogen and oxygen atoms in total. The van der Waals surface area contributed by atoms with Crippen molar-refractivity contribution in [3.63, 3.8) is 0 Å². The molecular weight excluding hydrogens is 222 g/mol. The molecule has 1 saturated carbocycles. The van der Waals surface area contributed by atoms with E-state index in [0.29, 0.717) is 17.1 Å². The Bertz CT molecular complexity index is 373. The van der Waals surface area contributed by atoms with Crippen molar-refractivity contribution in [3.05, 3.63) is 29.8 Å². The summed E-state index contributed by atoms with van der Waals surface area (Å²) in [6.45, 7) is 8.03. The van der Waals surface area contributed by atoms with Gasteiger partial charge in [-0.05, 0) is 54.8 Å². The third-order valence-corrected chi connectivity index (χ3v) is 3.87. The summed E-state index contributed by atoms with van der Waals surface area (Å²) < 4.78 is 0. The molecule has 2 rings (SSSR count). The van der Waals surface area contributed by atoms with Gasteiger partial charge in [0.25, 0.3) is 0 Å². The SMILES string of the molecule is CC(C)(C)C(CNC1CC1)Cc1ccc(O)cc1. The van der Waals surface area contributed by atoms with Gasteiger partial charge in [0.05, 0.1) is 0 Å². The monoisotopic (exact) mass is 247 g/mol. The van der Waals surface area contributed by atoms with Crippen molar-refractivity contribution >= 4 is 0 Å². The minimum absolute atomic E-state index is 0.305. The highest BCUT2D eigenvalue weighted by Gasteiger charge is 2.28. The molecule has 1 unspecified atom stereocenters. The summed E-state index contributed by atoms with van der Waals surface area (Å²) in [7, 11) is 0. The van der Waals surface area contributed by atoms with Crippen LogP contribution in [0.5, 0.6) is 5.75 Å². The van der Waals surface area contributed by atoms with Gasteiger partial charge < -0.3 is 10.4 Å². The minimum Gasteiger partial charge on any atom is -0.508 e. The summed E-state index contributed by atoms with van der Waals surface area (Å²) >= 11 is 0. The second kappa shape index (κ2) is 5.31. The van der Waals surface area contributed by atoms with Gasteiger partial charge in [0.2, 0.25) is 0 Å². The topological polar surface area (TPSA) is 32.3 Å². The fraction of sp³-hybridized carbons (Fsp3) is 0.625. The molecule has 1 fully saturated rings. The quantitative estimate of drug-likeness (QED) is 0.836. The van der Waals surface area contributed by atoms with Crippen molar-refractivity contribution in [2.24, 2.45) is 11.3 Å². The highest BCUT2D eigenvalue weighted by atomic mass is 16.3. The van der Waals surface area contributed by atoms with Crippen LogP contribution in [0.15, 0.2) is 24.3 Å². The highest BCUT2D eigenvalue weighted by Crippen LogP contribution is 2.30. The summed E-state index contributed by atoms with van der Waals surface area (Å²) in [5.41, 5.74) is 1.62. The van der Waals surface area contributed by atoms with E-state index in [9.17, 15) is 5.11 Å². The van der Waals surface area contributed by atoms with E-state index in [-0.39, 0.29) is 0 Å². The van der Waals surface area contributed by atoms with Gasteiger partial charge in [-0.15, -0.1) is 0 Å². The smallest absolute Gasteiger partial charge is 0.115 e. The number of phenolic OH excluding ortho intramolecular Hbond substituents is 1. The normalized spacial score (nSPS) is 17.7. The van der Waals surface area contributed by atoms with E-state index < -0.39 is 0 Å². The Morgan fingerprint density at radius 2 is 1.83 bits per heavy atom. The van der Waals surface area contributed by atoms with Crippen LogP contribution in [-0.4, -0.2) is 17.7 Å². The first-order valence-corrected chi connectivity index (χ1v) is 6.96. The Morgan fingerprint density at radius 1 is 1.22 bits per heavy atom. The van der Waals surface area contributed by atoms with Gasteiger partial charge >= 0.3 is 0 Å². The molecule has 2 N–H and O–H groups in total. The Balaban J connectivity index is 1.96. The zero-order valence-corrected chi connectivity index (χ0v) is 11.7. The largest absolute Gasteiger partial charge is 0.508 e. The van der Waals surface area contributed by atoms with Crippen LogP contribution < -0.4 is 5.32 Å². The van der Waals surface area contributed by atoms with E-state index in [1.807, 2.05) is 12.1 Å². The zero-order chi connectivity index (χ0) is 13.2. The number of hydrogen-bond donors (Lipinski definition) is 2. The molecule has 1 aromatic carbocycles. The Morgan fingerprint density at radius 3 is 2.33 bits per heavy atom. The van der Waals surface area contributed by atoms with Gasteiger partial charge in [-0.2, -0.15) is 0 Å². The zero-order valence-electron chi connectivity index (χ0n) is 11.7. The predicted molar refractivity (Wildman–Crippen MR) is 75.8 cm³/mol. The average Bonchev–Trinajstić information content (AvgIpc) is 3.09. The summed E-state index contributed by atoms with van der Waals surface area (Å²) in [5.74, 6) is 0.977. The second-order valence-corrected chi connectivity index (χ2v) is 6.62. The summed E-state index contributed by atoms with van der Waals surface area (Å²) in [6, 6.07) is 8.40. The van der Waals surface area contributed by atoms with Crippen molar-refractivity contribution in [1.29, 1.82) is 0 Å². The Kier molecular flexibility index (Phi) is 3.96. The van der Waals surface area contributed by atoms with Gasteiger partial charge in [0, 0.05) is 6.04 Å². The molecule has 0 spiro atoms. The molecule has 1 aliphatic carbocycles. The van der Waals surface area contributed by atoms with E-state index in [1.165, 1.54) is 18.4 Å². The van der Waals surface area contributed by atoms with E-state index in [2.05, 4.69) is 26.1 Å². The molecule has 100 valence electrons. The molecule has 0 bridgehead atoms. The van der Waals surface area contributed by atoms with E-state index in [1.54, 1.807) is 12.1 Å². The van der Waals surface area contributed by atoms with Gasteiger partial charge in [-0.1, -0.05) is 32.9 Å². The van der Waals surface area contributed by atoms with Gasteiger partial charge in [-0.25, -0.2) is 0 Å². The fourth-order valence-electron chi connectivity index (χ4n) is 2.20. The molecule has 1 aliphatic rings. The van der Waals surface area contributed by atoms with Crippen LogP contribution >= 0.6 is 0 Å². The van der Waals surface area contributed by atoms with Crippen molar-refractivity contribution in [2.45, 2.75) is 46.1 Å². The Hall–Kier alpha value is -1.02. The van der Waals surface area contributed by atoms with E-state index in [4.69, 9.17) is 0 Å². The molecule has 0 aliphatic heterocycles. The van der Waals surface area contributed by atoms with Crippen LogP contribution in [0.4, 0.5) is 0 Å². The molecule has 1 atom stereocenters. The average molecular weight is 247 g/mol. The first kappa shape index (κ1) is 13.4. The lowest BCUT2D eigenvalue weighted by molar-refractivity contribution is 0.230. The second-order valence-electron chi connectivity index (χ2n) is 6.62. The standard InChI is InChI=1S/C16H25NO/c1-16(2,3)13(11-17-14-6-7-14)10-12-4-8-15(18)9-5-12/h4-5,8-9,13-14,17-18H,6-7,10-11H2,1-3H3. The molecule has 0 aromatic heterocycles. The van der Waals surface area contributed by atoms with Crippen molar-refractivity contribution < 1.29 is 5.11 Å². The lowest BCUT2D eigenvalue weighted by Gasteiger charge is -2.31. The third-order valence-electron chi connectivity index (χ3n) is 3.87. The number of rotatable bonds is 5. The first-order valence-electron chi connectivity index (χ1n) is 6.96. The van der Waals surface area contributed by atoms with Crippen LogP contribution in [0.3, 0.4) is 0 Å². The molecule has 0 radical (unpaired) electrons. The van der Waals surface area contributed by atoms with E-state index >= 15 is 0 Å². The number of aromatic hydroxyl groups is 1. The molecule has 0 amide bonds. The molecule has 1 aromatic rings. The van der Waals surface area contributed by atoms with Crippen molar-refractivity contribution in [1.82, 2.24) is 5.32 Å². The van der Waals surface area contributed by atoms with Crippen LogP contribution in [0.1, 0.15) is 39.2 Å². The maximum Gasteiger partial charge on any atom is 0.115 e.